The maximum Gasteiger partial charge on any atom is 0.216 e. The summed E-state index contributed by atoms with van der Waals surface area (Å²) < 4.78 is 28.0. The van der Waals surface area contributed by atoms with Crippen molar-refractivity contribution < 1.29 is 8.42 Å². The van der Waals surface area contributed by atoms with Crippen molar-refractivity contribution in [2.45, 2.75) is 49.8 Å². The molecule has 1 N–H and O–H groups in total. The van der Waals surface area contributed by atoms with Gasteiger partial charge in [0.15, 0.2) is 0 Å². The quantitative estimate of drug-likeness (QED) is 0.907. The Hall–Kier alpha value is -1.21. The Morgan fingerprint density at radius 2 is 1.95 bits per heavy atom. The summed E-state index contributed by atoms with van der Waals surface area (Å²) in [6.07, 6.45) is 10.8. The monoisotopic (exact) mass is 310 g/mol. The van der Waals surface area contributed by atoms with E-state index in [9.17, 15) is 8.42 Å². The average molecular weight is 310 g/mol. The van der Waals surface area contributed by atoms with Gasteiger partial charge in [-0.05, 0) is 25.7 Å². The number of anilines is 1. The van der Waals surface area contributed by atoms with Crippen LogP contribution in [0.2, 0.25) is 0 Å². The fraction of sp³-hybridized carbons (Fsp3) is 0.714. The molecule has 1 aliphatic heterocycles. The number of hydrogen-bond acceptors (Lipinski definition) is 5. The summed E-state index contributed by atoms with van der Waals surface area (Å²) in [5.74, 6) is 0.762. The van der Waals surface area contributed by atoms with Gasteiger partial charge in [-0.25, -0.2) is 18.1 Å². The number of sulfonamides is 1. The van der Waals surface area contributed by atoms with Crippen LogP contribution in [0.3, 0.4) is 0 Å². The first-order chi connectivity index (χ1) is 10.1. The molecule has 1 unspecified atom stereocenters. The van der Waals surface area contributed by atoms with Crippen LogP contribution in [0.5, 0.6) is 0 Å². The van der Waals surface area contributed by atoms with Gasteiger partial charge < -0.3 is 4.90 Å². The second kappa shape index (κ2) is 6.27. The van der Waals surface area contributed by atoms with Crippen molar-refractivity contribution in [3.8, 4) is 0 Å². The molecule has 3 rings (SSSR count). The number of nitrogens with one attached hydrogen (secondary N) is 1. The molecule has 0 spiro atoms. The van der Waals surface area contributed by atoms with Crippen molar-refractivity contribution in [3.05, 3.63) is 18.6 Å². The van der Waals surface area contributed by atoms with Crippen molar-refractivity contribution in [1.29, 1.82) is 0 Å². The predicted molar refractivity (Wildman–Crippen MR) is 81.6 cm³/mol. The highest BCUT2D eigenvalue weighted by atomic mass is 32.2. The molecule has 21 heavy (non-hydrogen) atoms. The van der Waals surface area contributed by atoms with Gasteiger partial charge in [0.2, 0.25) is 10.0 Å². The van der Waals surface area contributed by atoms with Crippen LogP contribution in [0.25, 0.3) is 0 Å². The normalized spacial score (nSPS) is 24.4. The van der Waals surface area contributed by atoms with Crippen LogP contribution in [0.1, 0.15) is 38.5 Å². The van der Waals surface area contributed by atoms with Gasteiger partial charge >= 0.3 is 0 Å². The molecular weight excluding hydrogens is 288 g/mol. The van der Waals surface area contributed by atoms with Gasteiger partial charge in [0.1, 0.15) is 5.82 Å². The van der Waals surface area contributed by atoms with Crippen molar-refractivity contribution in [1.82, 2.24) is 14.7 Å². The molecule has 1 aromatic heterocycles. The number of piperidine rings is 1. The van der Waals surface area contributed by atoms with Crippen LogP contribution in [-0.2, 0) is 10.0 Å². The third-order valence-corrected chi connectivity index (χ3v) is 6.30. The summed E-state index contributed by atoms with van der Waals surface area (Å²) in [6, 6.07) is 0.141. The molecule has 1 saturated heterocycles. The standard InChI is InChI=1S/C14H22N4O2S/c19-21(20,17-12-4-1-2-5-12)13-6-3-9-18(11-13)14-10-15-7-8-16-14/h7-8,10,12-13,17H,1-6,9,11H2. The summed E-state index contributed by atoms with van der Waals surface area (Å²) in [5.41, 5.74) is 0. The van der Waals surface area contributed by atoms with Crippen LogP contribution in [0, 0.1) is 0 Å². The molecule has 0 radical (unpaired) electrons. The van der Waals surface area contributed by atoms with E-state index in [2.05, 4.69) is 14.7 Å². The third-order valence-electron chi connectivity index (χ3n) is 4.38. The highest BCUT2D eigenvalue weighted by molar-refractivity contribution is 7.90. The van der Waals surface area contributed by atoms with Gasteiger partial charge in [0, 0.05) is 31.5 Å². The van der Waals surface area contributed by atoms with Gasteiger partial charge in [-0.2, -0.15) is 0 Å². The molecule has 0 aromatic carbocycles. The fourth-order valence-corrected chi connectivity index (χ4v) is 4.97. The fourth-order valence-electron chi connectivity index (χ4n) is 3.23. The first-order valence-electron chi connectivity index (χ1n) is 7.67. The van der Waals surface area contributed by atoms with Gasteiger partial charge in [-0.15, -0.1) is 0 Å². The molecule has 0 amide bonds. The maximum absolute atomic E-state index is 12.5. The zero-order valence-electron chi connectivity index (χ0n) is 12.1. The molecule has 2 heterocycles. The Balaban J connectivity index is 1.67. The topological polar surface area (TPSA) is 75.2 Å². The molecule has 1 aliphatic carbocycles. The van der Waals surface area contributed by atoms with Gasteiger partial charge in [-0.1, -0.05) is 12.8 Å². The average Bonchev–Trinajstić information content (AvgIpc) is 3.00. The van der Waals surface area contributed by atoms with Crippen LogP contribution >= 0.6 is 0 Å². The zero-order valence-corrected chi connectivity index (χ0v) is 12.9. The molecule has 1 aromatic rings. The molecular formula is C14H22N4O2S. The molecule has 2 aliphatic rings. The Morgan fingerprint density at radius 3 is 2.67 bits per heavy atom. The second-order valence-electron chi connectivity index (χ2n) is 5.92. The highest BCUT2D eigenvalue weighted by Gasteiger charge is 2.33. The molecule has 0 bridgehead atoms. The van der Waals surface area contributed by atoms with Crippen molar-refractivity contribution in [3.63, 3.8) is 0 Å². The molecule has 116 valence electrons. The van der Waals surface area contributed by atoms with E-state index in [0.717, 1.165) is 50.9 Å². The summed E-state index contributed by atoms with van der Waals surface area (Å²) in [5, 5.41) is -0.353. The number of hydrogen-bond donors (Lipinski definition) is 1. The van der Waals surface area contributed by atoms with Gasteiger partial charge in [0.25, 0.3) is 0 Å². The van der Waals surface area contributed by atoms with Crippen molar-refractivity contribution in [2.75, 3.05) is 18.0 Å². The summed E-state index contributed by atoms with van der Waals surface area (Å²) >= 11 is 0. The summed E-state index contributed by atoms with van der Waals surface area (Å²) in [7, 11) is -3.25. The molecule has 7 heteroatoms. The van der Waals surface area contributed by atoms with Crippen molar-refractivity contribution >= 4 is 15.8 Å². The lowest BCUT2D eigenvalue weighted by molar-refractivity contribution is 0.505. The van der Waals surface area contributed by atoms with Crippen LogP contribution in [0.15, 0.2) is 18.6 Å². The smallest absolute Gasteiger partial charge is 0.216 e. The van der Waals surface area contributed by atoms with E-state index in [1.807, 2.05) is 4.90 Å². The molecule has 2 fully saturated rings. The van der Waals surface area contributed by atoms with E-state index >= 15 is 0 Å². The zero-order chi connectivity index (χ0) is 14.7. The minimum absolute atomic E-state index is 0.141. The van der Waals surface area contributed by atoms with E-state index in [1.165, 1.54) is 0 Å². The minimum atomic E-state index is -3.25. The Kier molecular flexibility index (Phi) is 4.40. The van der Waals surface area contributed by atoms with E-state index in [-0.39, 0.29) is 11.3 Å². The second-order valence-corrected chi connectivity index (χ2v) is 7.91. The molecule has 6 nitrogen and oxygen atoms in total. The molecule has 1 atom stereocenters. The first kappa shape index (κ1) is 14.7. The Labute approximate surface area is 126 Å². The number of rotatable bonds is 4. The lowest BCUT2D eigenvalue weighted by atomic mass is 10.1. The minimum Gasteiger partial charge on any atom is -0.354 e. The van der Waals surface area contributed by atoms with E-state index in [4.69, 9.17) is 0 Å². The maximum atomic E-state index is 12.5. The Bertz CT molecular complexity index is 558. The van der Waals surface area contributed by atoms with E-state index < -0.39 is 10.0 Å². The summed E-state index contributed by atoms with van der Waals surface area (Å²) in [4.78, 5) is 10.4. The largest absolute Gasteiger partial charge is 0.354 e. The number of aromatic nitrogens is 2. The van der Waals surface area contributed by atoms with Gasteiger partial charge in [-0.3, -0.25) is 4.98 Å². The lowest BCUT2D eigenvalue weighted by Crippen LogP contribution is -2.48. The summed E-state index contributed by atoms with van der Waals surface area (Å²) in [6.45, 7) is 1.34. The lowest BCUT2D eigenvalue weighted by Gasteiger charge is -2.33. The highest BCUT2D eigenvalue weighted by Crippen LogP contribution is 2.23. The third kappa shape index (κ3) is 3.52. The van der Waals surface area contributed by atoms with Crippen LogP contribution < -0.4 is 9.62 Å². The Morgan fingerprint density at radius 1 is 1.14 bits per heavy atom. The first-order valence-corrected chi connectivity index (χ1v) is 9.22. The van der Waals surface area contributed by atoms with Crippen LogP contribution in [-0.4, -0.2) is 42.8 Å². The SMILES string of the molecule is O=S(=O)(NC1CCCC1)C1CCCN(c2cnccn2)C1. The predicted octanol–water partition coefficient (Wildman–Crippen LogP) is 1.31. The van der Waals surface area contributed by atoms with Crippen LogP contribution in [0.4, 0.5) is 5.82 Å². The van der Waals surface area contributed by atoms with E-state index in [1.54, 1.807) is 18.6 Å². The van der Waals surface area contributed by atoms with E-state index in [0.29, 0.717) is 6.54 Å². The molecule has 1 saturated carbocycles. The number of nitrogens with zero attached hydrogens (tertiary/aromatic N) is 3. The van der Waals surface area contributed by atoms with Gasteiger partial charge in [0.05, 0.1) is 11.4 Å². The van der Waals surface area contributed by atoms with Crippen molar-refractivity contribution in [2.24, 2.45) is 0 Å².